The second-order valence-corrected chi connectivity index (χ2v) is 6.78. The Morgan fingerprint density at radius 3 is 2.83 bits per heavy atom. The summed E-state index contributed by atoms with van der Waals surface area (Å²) in [6, 6.07) is 8.21. The second-order valence-electron chi connectivity index (χ2n) is 6.78. The molecule has 0 bridgehead atoms. The van der Waals surface area contributed by atoms with Crippen LogP contribution in [-0.4, -0.2) is 40.5 Å². The average molecular weight is 412 g/mol. The zero-order valence-corrected chi connectivity index (χ0v) is 16.0. The molecule has 30 heavy (non-hydrogen) atoms. The van der Waals surface area contributed by atoms with Gasteiger partial charge in [-0.2, -0.15) is 0 Å². The minimum atomic E-state index is -0.829. The van der Waals surface area contributed by atoms with Crippen LogP contribution in [0.25, 0.3) is 0 Å². The van der Waals surface area contributed by atoms with Gasteiger partial charge in [0, 0.05) is 36.0 Å². The van der Waals surface area contributed by atoms with Crippen LogP contribution in [0.5, 0.6) is 0 Å². The molecule has 1 aromatic heterocycles. The summed E-state index contributed by atoms with van der Waals surface area (Å²) in [5.41, 5.74) is 2.10. The third-order valence-electron chi connectivity index (χ3n) is 4.98. The molecular weight excluding hydrogens is 394 g/mol. The van der Waals surface area contributed by atoms with E-state index in [0.717, 1.165) is 17.8 Å². The van der Waals surface area contributed by atoms with Gasteiger partial charge in [-0.05, 0) is 24.3 Å². The lowest BCUT2D eigenvalue weighted by atomic mass is 9.95. The predicted molar refractivity (Wildman–Crippen MR) is 104 cm³/mol. The lowest BCUT2D eigenvalue weighted by Crippen LogP contribution is -2.43. The standard InChI is InChI=1S/C21H18F2N4O3/c1-30-20(28)12-3-2-4-14(9-12)26-21(29)27-8-7-17-18(25-11-24-17)19(27)15-6-5-13(22)10-16(15)23/h2-6,9-11,19H,7-8H2,1H3,(H,24,25)(H,26,29)/t19-/m1/s1. The number of hydrogen-bond acceptors (Lipinski definition) is 4. The monoisotopic (exact) mass is 412 g/mol. The van der Waals surface area contributed by atoms with Crippen LogP contribution in [0.2, 0.25) is 0 Å². The molecule has 7 nitrogen and oxygen atoms in total. The smallest absolute Gasteiger partial charge is 0.337 e. The predicted octanol–water partition coefficient (Wildman–Crippen LogP) is 3.65. The van der Waals surface area contributed by atoms with Crippen LogP contribution in [-0.2, 0) is 11.2 Å². The number of nitrogens with zero attached hydrogens (tertiary/aromatic N) is 2. The number of esters is 1. The molecule has 2 N–H and O–H groups in total. The molecule has 2 heterocycles. The van der Waals surface area contributed by atoms with E-state index in [0.29, 0.717) is 24.3 Å². The molecule has 1 aliphatic heterocycles. The summed E-state index contributed by atoms with van der Waals surface area (Å²) < 4.78 is 32.7. The van der Waals surface area contributed by atoms with Gasteiger partial charge in [0.05, 0.1) is 24.7 Å². The number of hydrogen-bond donors (Lipinski definition) is 2. The number of fused-ring (bicyclic) bond motifs is 1. The van der Waals surface area contributed by atoms with Crippen LogP contribution in [0.3, 0.4) is 0 Å². The fourth-order valence-electron chi connectivity index (χ4n) is 3.57. The number of rotatable bonds is 3. The number of carbonyl (C=O) groups is 2. The molecule has 0 fully saturated rings. The number of benzene rings is 2. The Kier molecular flexibility index (Phi) is 5.18. The number of carbonyl (C=O) groups excluding carboxylic acids is 2. The quantitative estimate of drug-likeness (QED) is 0.643. The minimum absolute atomic E-state index is 0.142. The average Bonchev–Trinajstić information content (AvgIpc) is 3.22. The molecule has 0 saturated heterocycles. The second kappa shape index (κ2) is 7.94. The van der Waals surface area contributed by atoms with Crippen LogP contribution in [0.15, 0.2) is 48.8 Å². The van der Waals surface area contributed by atoms with Crippen molar-refractivity contribution in [1.29, 1.82) is 0 Å². The van der Waals surface area contributed by atoms with Gasteiger partial charge in [-0.3, -0.25) is 0 Å². The highest BCUT2D eigenvalue weighted by Gasteiger charge is 2.35. The van der Waals surface area contributed by atoms with Crippen LogP contribution >= 0.6 is 0 Å². The minimum Gasteiger partial charge on any atom is -0.465 e. The van der Waals surface area contributed by atoms with Crippen molar-refractivity contribution in [3.05, 3.63) is 82.9 Å². The lowest BCUT2D eigenvalue weighted by molar-refractivity contribution is 0.0600. The van der Waals surface area contributed by atoms with E-state index in [1.165, 1.54) is 30.5 Å². The van der Waals surface area contributed by atoms with Crippen LogP contribution in [0.4, 0.5) is 19.3 Å². The fraction of sp³-hybridized carbons (Fsp3) is 0.190. The largest absolute Gasteiger partial charge is 0.465 e. The molecule has 3 aromatic rings. The summed E-state index contributed by atoms with van der Waals surface area (Å²) in [5.74, 6) is -2.00. The van der Waals surface area contributed by atoms with E-state index in [1.807, 2.05) is 0 Å². The van der Waals surface area contributed by atoms with E-state index in [9.17, 15) is 18.4 Å². The Balaban J connectivity index is 1.67. The fourth-order valence-corrected chi connectivity index (χ4v) is 3.57. The van der Waals surface area contributed by atoms with Gasteiger partial charge in [0.1, 0.15) is 17.7 Å². The van der Waals surface area contributed by atoms with Gasteiger partial charge in [0.25, 0.3) is 0 Å². The van der Waals surface area contributed by atoms with Gasteiger partial charge >= 0.3 is 12.0 Å². The molecule has 0 radical (unpaired) electrons. The van der Waals surface area contributed by atoms with Gasteiger partial charge in [-0.25, -0.2) is 23.4 Å². The first kappa shape index (κ1) is 19.6. The van der Waals surface area contributed by atoms with Crippen molar-refractivity contribution < 1.29 is 23.1 Å². The van der Waals surface area contributed by atoms with E-state index < -0.39 is 29.7 Å². The highest BCUT2D eigenvalue weighted by Crippen LogP contribution is 2.35. The van der Waals surface area contributed by atoms with E-state index in [4.69, 9.17) is 4.74 Å². The molecular formula is C21H18F2N4O3. The van der Waals surface area contributed by atoms with Crippen molar-refractivity contribution >= 4 is 17.7 Å². The van der Waals surface area contributed by atoms with Crippen molar-refractivity contribution in [3.63, 3.8) is 0 Å². The third kappa shape index (κ3) is 3.61. The number of aromatic nitrogens is 2. The Bertz CT molecular complexity index is 1120. The Morgan fingerprint density at radius 1 is 1.23 bits per heavy atom. The molecule has 0 unspecified atom stereocenters. The van der Waals surface area contributed by atoms with E-state index in [-0.39, 0.29) is 11.1 Å². The number of anilines is 1. The van der Waals surface area contributed by atoms with Crippen molar-refractivity contribution in [2.24, 2.45) is 0 Å². The molecule has 2 aromatic carbocycles. The molecule has 0 spiro atoms. The number of aromatic amines is 1. The highest BCUT2D eigenvalue weighted by molar-refractivity contribution is 5.94. The van der Waals surface area contributed by atoms with Gasteiger partial charge < -0.3 is 19.9 Å². The SMILES string of the molecule is COC(=O)c1cccc(NC(=O)N2CCc3[nH]cnc3[C@H]2c2ccc(F)cc2F)c1. The molecule has 1 aliphatic rings. The van der Waals surface area contributed by atoms with Crippen LogP contribution < -0.4 is 5.32 Å². The zero-order valence-electron chi connectivity index (χ0n) is 16.0. The molecule has 0 saturated carbocycles. The number of ether oxygens (including phenoxy) is 1. The number of methoxy groups -OCH3 is 1. The topological polar surface area (TPSA) is 87.3 Å². The summed E-state index contributed by atoms with van der Waals surface area (Å²) in [6.45, 7) is 0.291. The molecule has 9 heteroatoms. The summed E-state index contributed by atoms with van der Waals surface area (Å²) in [4.78, 5) is 33.5. The first-order chi connectivity index (χ1) is 14.5. The lowest BCUT2D eigenvalue weighted by Gasteiger charge is -2.35. The summed E-state index contributed by atoms with van der Waals surface area (Å²) in [7, 11) is 1.27. The zero-order chi connectivity index (χ0) is 21.3. The van der Waals surface area contributed by atoms with Gasteiger partial charge in [0.15, 0.2) is 0 Å². The highest BCUT2D eigenvalue weighted by atomic mass is 19.1. The first-order valence-corrected chi connectivity index (χ1v) is 9.21. The van der Waals surface area contributed by atoms with E-state index in [2.05, 4.69) is 15.3 Å². The van der Waals surface area contributed by atoms with Crippen molar-refractivity contribution in [2.75, 3.05) is 19.0 Å². The number of H-pyrrole nitrogens is 1. The number of amides is 2. The van der Waals surface area contributed by atoms with Crippen LogP contribution in [0, 0.1) is 11.6 Å². The van der Waals surface area contributed by atoms with Gasteiger partial charge in [0.2, 0.25) is 0 Å². The molecule has 154 valence electrons. The Morgan fingerprint density at radius 2 is 2.07 bits per heavy atom. The number of halogens is 2. The molecule has 4 rings (SSSR count). The Hall–Kier alpha value is -3.75. The number of urea groups is 1. The van der Waals surface area contributed by atoms with Gasteiger partial charge in [-0.1, -0.05) is 12.1 Å². The normalized spacial score (nSPS) is 15.4. The van der Waals surface area contributed by atoms with E-state index in [1.54, 1.807) is 18.2 Å². The summed E-state index contributed by atoms with van der Waals surface area (Å²) in [6.07, 6.45) is 1.99. The maximum atomic E-state index is 14.6. The van der Waals surface area contributed by atoms with Crippen LogP contribution in [0.1, 0.15) is 33.4 Å². The summed E-state index contributed by atoms with van der Waals surface area (Å²) in [5, 5.41) is 2.73. The summed E-state index contributed by atoms with van der Waals surface area (Å²) >= 11 is 0. The maximum Gasteiger partial charge on any atom is 0.337 e. The van der Waals surface area contributed by atoms with Crippen molar-refractivity contribution in [3.8, 4) is 0 Å². The first-order valence-electron chi connectivity index (χ1n) is 9.21. The maximum absolute atomic E-state index is 14.6. The molecule has 2 amide bonds. The number of imidazole rings is 1. The van der Waals surface area contributed by atoms with Crippen molar-refractivity contribution in [1.82, 2.24) is 14.9 Å². The van der Waals surface area contributed by atoms with Crippen molar-refractivity contribution in [2.45, 2.75) is 12.5 Å². The van der Waals surface area contributed by atoms with E-state index >= 15 is 0 Å². The Labute approximate surface area is 170 Å². The molecule has 1 atom stereocenters. The number of nitrogens with one attached hydrogen (secondary N) is 2. The van der Waals surface area contributed by atoms with Gasteiger partial charge in [-0.15, -0.1) is 0 Å². The third-order valence-corrected chi connectivity index (χ3v) is 4.98. The molecule has 0 aliphatic carbocycles.